The highest BCUT2D eigenvalue weighted by molar-refractivity contribution is 7.53. The normalized spacial score (nSPS) is 15.2. The number of rotatable bonds is 28. The van der Waals surface area contributed by atoms with E-state index < -0.39 is 129 Å². The first-order chi connectivity index (χ1) is 29.3. The number of carbonyl (C=O) groups is 10. The lowest BCUT2D eigenvalue weighted by atomic mass is 10.0. The predicted molar refractivity (Wildman–Crippen MR) is 218 cm³/mol. The van der Waals surface area contributed by atoms with Crippen LogP contribution in [0.5, 0.6) is 0 Å². The van der Waals surface area contributed by atoms with E-state index in [0.29, 0.717) is 6.29 Å². The molecule has 0 saturated carbocycles. The van der Waals surface area contributed by atoms with Gasteiger partial charge in [-0.05, 0) is 38.5 Å². The van der Waals surface area contributed by atoms with Crippen molar-refractivity contribution >= 4 is 67.9 Å². The molecule has 0 aromatic carbocycles. The second kappa shape index (κ2) is 32.6. The molecule has 0 saturated heterocycles. The summed E-state index contributed by atoms with van der Waals surface area (Å²) in [5.41, 5.74) is 10.4. The maximum Gasteiger partial charge on any atom is 0.567 e. The molecule has 23 N–H and O–H groups in total. The van der Waals surface area contributed by atoms with Gasteiger partial charge in [-0.25, -0.2) is 4.79 Å². The average Bonchev–Trinajstić information content (AvgIpc) is 3.17. The molecule has 0 aliphatic heterocycles. The van der Waals surface area contributed by atoms with Gasteiger partial charge < -0.3 is 79.2 Å². The van der Waals surface area contributed by atoms with Crippen LogP contribution in [0.1, 0.15) is 80.1 Å². The molecule has 64 heavy (non-hydrogen) atoms. The number of carbonyl (C=O) groups excluding carboxylic acids is 6. The van der Waals surface area contributed by atoms with Crippen molar-refractivity contribution in [1.82, 2.24) is 26.6 Å². The number of aliphatic hydroxyl groups is 2. The van der Waals surface area contributed by atoms with Crippen LogP contribution in [0.3, 0.4) is 0 Å². The zero-order valence-electron chi connectivity index (χ0n) is 36.7. The van der Waals surface area contributed by atoms with E-state index in [0.717, 1.165) is 0 Å². The Morgan fingerprint density at radius 1 is 0.594 bits per heavy atom. The van der Waals surface area contributed by atoms with Crippen LogP contribution >= 0.6 is 8.17 Å². The molecule has 9 atom stereocenters. The Labute approximate surface area is 368 Å². The summed E-state index contributed by atoms with van der Waals surface area (Å²) in [6.07, 6.45) is -1.51. The molecule has 0 spiro atoms. The van der Waals surface area contributed by atoms with Gasteiger partial charge in [-0.15, -0.1) is 4.52 Å². The van der Waals surface area contributed by atoms with Crippen molar-refractivity contribution in [3.63, 3.8) is 0 Å². The fraction of sp³-hybridized carbons (Fsp3) is 0.714. The largest absolute Gasteiger partial charge is 0.567 e. The Morgan fingerprint density at radius 2 is 1.06 bits per heavy atom. The Kier molecular flexibility index (Phi) is 32.2. The summed E-state index contributed by atoms with van der Waals surface area (Å²) in [4.78, 5) is 140. The predicted octanol–water partition coefficient (Wildman–Crippen LogP) is -7.53. The van der Waals surface area contributed by atoms with Crippen molar-refractivity contribution in [3.8, 4) is 0 Å². The molecule has 0 aromatic rings. The first kappa shape index (κ1) is 63.3. The lowest BCUT2D eigenvalue weighted by Crippen LogP contribution is -2.70. The SMILES string of the molecule is CC(C)C[C@H](NC(=O)[C@@H]([NH3+])CO)C(=O)N[C@@H](CCC(=O)O)C(=O)N[C@H](C=O)C(C)C.C[C@@H](O[P+](O)(O)O)[C@H]([NH3+])CO.C[C@H](NC(=O)[C@@H]([NH3+])CCC(=O)O)C(=O)N[C@@H](CC(=O)O)C(=O)O. The molecular weight excluding hydrogens is 883 g/mol. The van der Waals surface area contributed by atoms with E-state index in [-0.39, 0.29) is 50.5 Å². The third-order valence-electron chi connectivity index (χ3n) is 8.41. The molecule has 0 aromatic heterocycles. The highest BCUT2D eigenvalue weighted by Gasteiger charge is 2.39. The van der Waals surface area contributed by atoms with Crippen LogP contribution in [-0.4, -0.2) is 173 Å². The topological polar surface area (TPSA) is 505 Å². The van der Waals surface area contributed by atoms with Crippen molar-refractivity contribution < 1.29 is 115 Å². The van der Waals surface area contributed by atoms with E-state index in [9.17, 15) is 47.9 Å². The lowest BCUT2D eigenvalue weighted by Gasteiger charge is -2.25. The second-order valence-electron chi connectivity index (χ2n) is 15.1. The minimum absolute atomic E-state index is 0.0186. The third-order valence-corrected chi connectivity index (χ3v) is 9.03. The number of quaternary nitrogens is 3. The van der Waals surface area contributed by atoms with Crippen molar-refractivity contribution in [2.24, 2.45) is 11.8 Å². The van der Waals surface area contributed by atoms with Crippen LogP contribution in [0.15, 0.2) is 0 Å². The van der Waals surface area contributed by atoms with Crippen molar-refractivity contribution in [3.05, 3.63) is 0 Å². The first-order valence-corrected chi connectivity index (χ1v) is 21.2. The van der Waals surface area contributed by atoms with Crippen LogP contribution in [0, 0.1) is 11.8 Å². The molecule has 0 fully saturated rings. The van der Waals surface area contributed by atoms with Gasteiger partial charge in [-0.2, -0.15) is 14.7 Å². The summed E-state index contributed by atoms with van der Waals surface area (Å²) in [5, 5.41) is 64.2. The van der Waals surface area contributed by atoms with Crippen LogP contribution < -0.4 is 43.8 Å². The molecule has 5 amide bonds. The monoisotopic (exact) mass is 952 g/mol. The molecule has 29 heteroatoms. The molecule has 370 valence electrons. The highest BCUT2D eigenvalue weighted by Crippen LogP contribution is 2.47. The molecule has 28 nitrogen and oxygen atoms in total. The highest BCUT2D eigenvalue weighted by atomic mass is 31.2. The summed E-state index contributed by atoms with van der Waals surface area (Å²) in [7, 11) is -4.19. The second-order valence-corrected chi connectivity index (χ2v) is 16.3. The molecular formula is C35H69N8O20P+4. The summed E-state index contributed by atoms with van der Waals surface area (Å²) in [6.45, 7) is 9.17. The Balaban J connectivity index is -0.000000963. The number of carboxylic acids is 4. The number of hydrogen-bond donors (Lipinski definition) is 17. The quantitative estimate of drug-likeness (QED) is 0.0256. The average molecular weight is 953 g/mol. The fourth-order valence-electron chi connectivity index (χ4n) is 4.46. The van der Waals surface area contributed by atoms with Gasteiger partial charge in [0, 0.05) is 12.8 Å². The summed E-state index contributed by atoms with van der Waals surface area (Å²) in [5.74, 6) is -8.84. The van der Waals surface area contributed by atoms with Crippen LogP contribution in [-0.2, 0) is 52.5 Å². The molecule has 0 bridgehead atoms. The molecule has 0 aliphatic rings. The van der Waals surface area contributed by atoms with E-state index in [1.165, 1.54) is 13.8 Å². The molecule has 0 heterocycles. The Morgan fingerprint density at radius 3 is 1.47 bits per heavy atom. The minimum Gasteiger partial charge on any atom is -0.481 e. The van der Waals surface area contributed by atoms with Crippen molar-refractivity contribution in [2.75, 3.05) is 13.2 Å². The molecule has 0 rings (SSSR count). The molecule has 0 aliphatic carbocycles. The third kappa shape index (κ3) is 30.9. The molecule has 0 radical (unpaired) electrons. The van der Waals surface area contributed by atoms with Crippen LogP contribution in [0.2, 0.25) is 0 Å². The zero-order chi connectivity index (χ0) is 50.7. The van der Waals surface area contributed by atoms with Gasteiger partial charge in [0.1, 0.15) is 43.1 Å². The van der Waals surface area contributed by atoms with E-state index >= 15 is 0 Å². The number of aliphatic hydroxyl groups excluding tert-OH is 2. The number of carboxylic acid groups (broad SMARTS) is 4. The zero-order valence-corrected chi connectivity index (χ0v) is 37.6. The van der Waals surface area contributed by atoms with Gasteiger partial charge in [0.15, 0.2) is 18.2 Å². The van der Waals surface area contributed by atoms with E-state index in [2.05, 4.69) is 43.0 Å². The number of aldehydes is 1. The minimum atomic E-state index is -4.19. The van der Waals surface area contributed by atoms with E-state index in [1.807, 2.05) is 19.2 Å². The standard InChI is InChI=1S/C19H34N4O7.C12H19N3O8.C4H13NO5P/c1-10(2)7-14(22-17(28)12(20)8-24)19(30)21-13(5-6-16(26)27)18(29)23-15(9-25)11(3)4;1-5(14-11(21)6(13)2-3-8(16)17)10(20)15-7(12(22)23)4-9(18)19;1-3(4(5)2-6)10-11(7,8)9/h9-15,24H,5-8,20H2,1-4H3,(H,21,30)(H,22,28)(H,23,29)(H,26,27);5-7H,2-4,13H2,1H3,(H,14,21)(H,15,20)(H,16,17)(H,18,19)(H,22,23);3-4,6-9H,2,5H2,1H3/q;;+1/p+3/t12-,13-,14-,15+;5-,6-,7-;3-,4-/m001/s1. The Bertz CT molecular complexity index is 1530. The van der Waals surface area contributed by atoms with Gasteiger partial charge in [0.05, 0.1) is 25.5 Å². The Hall–Kier alpha value is -5.03. The van der Waals surface area contributed by atoms with Gasteiger partial charge in [-0.3, -0.25) is 38.4 Å². The van der Waals surface area contributed by atoms with Gasteiger partial charge in [0.2, 0.25) is 17.7 Å². The van der Waals surface area contributed by atoms with Gasteiger partial charge >= 0.3 is 32.0 Å². The number of aliphatic carboxylic acids is 4. The van der Waals surface area contributed by atoms with Crippen molar-refractivity contribution in [1.29, 1.82) is 0 Å². The summed E-state index contributed by atoms with van der Waals surface area (Å²) in [6, 6.07) is -8.08. The van der Waals surface area contributed by atoms with Crippen LogP contribution in [0.4, 0.5) is 0 Å². The summed E-state index contributed by atoms with van der Waals surface area (Å²) >= 11 is 0. The number of nitrogens with one attached hydrogen (secondary N) is 5. The van der Waals surface area contributed by atoms with E-state index in [4.69, 9.17) is 45.3 Å². The van der Waals surface area contributed by atoms with Gasteiger partial charge in [-0.1, -0.05) is 27.7 Å². The van der Waals surface area contributed by atoms with Crippen molar-refractivity contribution in [2.45, 2.75) is 135 Å². The first-order valence-electron chi connectivity index (χ1n) is 19.7. The summed E-state index contributed by atoms with van der Waals surface area (Å²) < 4.78 is 4.35. The fourth-order valence-corrected chi connectivity index (χ4v) is 5.08. The maximum atomic E-state index is 12.8. The van der Waals surface area contributed by atoms with Crippen LogP contribution in [0.25, 0.3) is 0 Å². The van der Waals surface area contributed by atoms with E-state index in [1.54, 1.807) is 13.8 Å². The van der Waals surface area contributed by atoms with Gasteiger partial charge in [0.25, 0.3) is 11.8 Å². The maximum absolute atomic E-state index is 12.8. The lowest BCUT2D eigenvalue weighted by molar-refractivity contribution is -0.440. The number of amides is 5. The smallest absolute Gasteiger partial charge is 0.481 e. The number of hydrogen-bond acceptors (Lipinski definition) is 16. The molecule has 0 unspecified atom stereocenters.